The Bertz CT molecular complexity index is 739. The van der Waals surface area contributed by atoms with Crippen molar-refractivity contribution in [1.29, 1.82) is 0 Å². The Balaban J connectivity index is 1.51. The fourth-order valence-electron chi connectivity index (χ4n) is 4.22. The Hall–Kier alpha value is -2.01. The highest BCUT2D eigenvalue weighted by Crippen LogP contribution is 2.37. The van der Waals surface area contributed by atoms with Crippen LogP contribution in [0, 0.1) is 11.8 Å². The molecule has 2 fully saturated rings. The fraction of sp³-hybridized carbons (Fsp3) is 0.500. The number of fused-ring (bicyclic) bond motifs is 2. The van der Waals surface area contributed by atoms with Gasteiger partial charge < -0.3 is 20.4 Å². The normalized spacial score (nSPS) is 26.7. The van der Waals surface area contributed by atoms with Crippen LogP contribution in [-0.2, 0) is 11.2 Å². The van der Waals surface area contributed by atoms with Crippen LogP contribution in [0.15, 0.2) is 24.4 Å². The molecule has 0 bridgehead atoms. The van der Waals surface area contributed by atoms with E-state index in [0.29, 0.717) is 18.3 Å². The SMILES string of the molecule is COc1ccc2[nH]cc(CC(=O)N3CC4CCC(N)C4C3)c2c1. The van der Waals surface area contributed by atoms with Crippen molar-refractivity contribution in [3.63, 3.8) is 0 Å². The summed E-state index contributed by atoms with van der Waals surface area (Å²) in [7, 11) is 1.66. The van der Waals surface area contributed by atoms with Crippen molar-refractivity contribution in [2.75, 3.05) is 20.2 Å². The number of rotatable bonds is 3. The molecule has 2 aromatic rings. The van der Waals surface area contributed by atoms with Gasteiger partial charge in [0.05, 0.1) is 13.5 Å². The number of ether oxygens (including phenoxy) is 1. The number of carbonyl (C=O) groups is 1. The van der Waals surface area contributed by atoms with Crippen molar-refractivity contribution < 1.29 is 9.53 Å². The summed E-state index contributed by atoms with van der Waals surface area (Å²) in [5.74, 6) is 2.13. The minimum absolute atomic E-state index is 0.204. The third kappa shape index (κ3) is 2.49. The molecule has 1 aromatic heterocycles. The second kappa shape index (κ2) is 5.57. The zero-order valence-corrected chi connectivity index (χ0v) is 13.4. The van der Waals surface area contributed by atoms with Crippen LogP contribution in [0.1, 0.15) is 18.4 Å². The van der Waals surface area contributed by atoms with Crippen LogP contribution in [-0.4, -0.2) is 42.0 Å². The Morgan fingerprint density at radius 1 is 1.39 bits per heavy atom. The molecule has 5 heteroatoms. The highest BCUT2D eigenvalue weighted by Gasteiger charge is 2.42. The largest absolute Gasteiger partial charge is 0.497 e. The molecule has 1 amide bonds. The second-order valence-electron chi connectivity index (χ2n) is 6.87. The summed E-state index contributed by atoms with van der Waals surface area (Å²) in [5.41, 5.74) is 8.24. The van der Waals surface area contributed by atoms with Gasteiger partial charge in [0.2, 0.25) is 5.91 Å². The number of nitrogens with two attached hydrogens (primary N) is 1. The standard InChI is InChI=1S/C18H23N3O2/c1-23-13-3-5-17-14(7-13)12(8-20-17)6-18(22)21-9-11-2-4-16(19)15(11)10-21/h3,5,7-8,11,15-16,20H,2,4,6,9-10,19H2,1H3. The van der Waals surface area contributed by atoms with E-state index in [9.17, 15) is 4.79 Å². The van der Waals surface area contributed by atoms with Gasteiger partial charge in [-0.1, -0.05) is 0 Å². The first-order valence-electron chi connectivity index (χ1n) is 8.33. The van der Waals surface area contributed by atoms with Gasteiger partial charge in [-0.3, -0.25) is 4.79 Å². The average molecular weight is 313 g/mol. The monoisotopic (exact) mass is 313 g/mol. The number of aromatic amines is 1. The molecule has 3 N–H and O–H groups in total. The highest BCUT2D eigenvalue weighted by atomic mass is 16.5. The molecule has 1 saturated heterocycles. The van der Waals surface area contributed by atoms with Crippen molar-refractivity contribution in [2.45, 2.75) is 25.3 Å². The smallest absolute Gasteiger partial charge is 0.227 e. The number of amides is 1. The number of H-pyrrole nitrogens is 1. The Kier molecular flexibility index (Phi) is 3.53. The molecule has 2 heterocycles. The molecule has 4 rings (SSSR count). The molecule has 122 valence electrons. The van der Waals surface area contributed by atoms with E-state index >= 15 is 0 Å². The van der Waals surface area contributed by atoms with Gasteiger partial charge >= 0.3 is 0 Å². The van der Waals surface area contributed by atoms with Gasteiger partial charge in [-0.25, -0.2) is 0 Å². The molecule has 1 aliphatic carbocycles. The number of likely N-dealkylation sites (tertiary alicyclic amines) is 1. The summed E-state index contributed by atoms with van der Waals surface area (Å²) in [6.45, 7) is 1.71. The Labute approximate surface area is 135 Å². The molecule has 0 spiro atoms. The number of benzene rings is 1. The van der Waals surface area contributed by atoms with Gasteiger partial charge in [-0.2, -0.15) is 0 Å². The molecule has 2 aliphatic rings. The van der Waals surface area contributed by atoms with E-state index in [4.69, 9.17) is 10.5 Å². The quantitative estimate of drug-likeness (QED) is 0.909. The number of hydrogen-bond acceptors (Lipinski definition) is 3. The minimum Gasteiger partial charge on any atom is -0.497 e. The number of aromatic nitrogens is 1. The van der Waals surface area contributed by atoms with Crippen molar-refractivity contribution in [3.8, 4) is 5.75 Å². The fourth-order valence-corrected chi connectivity index (χ4v) is 4.22. The van der Waals surface area contributed by atoms with Crippen molar-refractivity contribution in [3.05, 3.63) is 30.0 Å². The number of methoxy groups -OCH3 is 1. The topological polar surface area (TPSA) is 71.4 Å². The van der Waals surface area contributed by atoms with E-state index in [1.165, 1.54) is 6.42 Å². The molecule has 1 aliphatic heterocycles. The van der Waals surface area contributed by atoms with Gasteiger partial charge in [-0.05, 0) is 48.4 Å². The zero-order chi connectivity index (χ0) is 16.0. The van der Waals surface area contributed by atoms with E-state index in [0.717, 1.165) is 41.7 Å². The van der Waals surface area contributed by atoms with Gasteiger partial charge in [0, 0.05) is 36.2 Å². The van der Waals surface area contributed by atoms with E-state index in [1.807, 2.05) is 29.3 Å². The van der Waals surface area contributed by atoms with Gasteiger partial charge in [0.25, 0.3) is 0 Å². The van der Waals surface area contributed by atoms with Crippen LogP contribution in [0.4, 0.5) is 0 Å². The summed E-state index contributed by atoms with van der Waals surface area (Å²) in [6.07, 6.45) is 4.64. The number of carbonyl (C=O) groups excluding carboxylic acids is 1. The molecule has 3 unspecified atom stereocenters. The first-order chi connectivity index (χ1) is 11.2. The molecular weight excluding hydrogens is 290 g/mol. The summed E-state index contributed by atoms with van der Waals surface area (Å²) in [6, 6.07) is 6.17. The molecule has 0 radical (unpaired) electrons. The van der Waals surface area contributed by atoms with E-state index < -0.39 is 0 Å². The number of nitrogens with zero attached hydrogens (tertiary/aromatic N) is 1. The minimum atomic E-state index is 0.204. The summed E-state index contributed by atoms with van der Waals surface area (Å²) in [5, 5.41) is 1.06. The lowest BCUT2D eigenvalue weighted by atomic mass is 9.98. The maximum atomic E-state index is 12.7. The first kappa shape index (κ1) is 14.6. The lowest BCUT2D eigenvalue weighted by molar-refractivity contribution is -0.129. The number of nitrogens with one attached hydrogen (secondary N) is 1. The van der Waals surface area contributed by atoms with E-state index in [-0.39, 0.29) is 11.9 Å². The number of hydrogen-bond donors (Lipinski definition) is 2. The predicted molar refractivity (Wildman–Crippen MR) is 89.3 cm³/mol. The van der Waals surface area contributed by atoms with Crippen LogP contribution in [0.25, 0.3) is 10.9 Å². The predicted octanol–water partition coefficient (Wildman–Crippen LogP) is 1.91. The molecule has 5 nitrogen and oxygen atoms in total. The first-order valence-corrected chi connectivity index (χ1v) is 8.33. The van der Waals surface area contributed by atoms with Crippen molar-refractivity contribution >= 4 is 16.8 Å². The third-order valence-electron chi connectivity index (χ3n) is 5.58. The van der Waals surface area contributed by atoms with E-state index in [2.05, 4.69) is 4.98 Å². The van der Waals surface area contributed by atoms with Crippen LogP contribution >= 0.6 is 0 Å². The molecule has 1 aromatic carbocycles. The average Bonchev–Trinajstić information content (AvgIpc) is 3.24. The van der Waals surface area contributed by atoms with Crippen LogP contribution in [0.3, 0.4) is 0 Å². The Morgan fingerprint density at radius 3 is 3.04 bits per heavy atom. The molecule has 1 saturated carbocycles. The maximum absolute atomic E-state index is 12.7. The van der Waals surface area contributed by atoms with Crippen LogP contribution in [0.5, 0.6) is 5.75 Å². The van der Waals surface area contributed by atoms with Gasteiger partial charge in [0.1, 0.15) is 5.75 Å². The van der Waals surface area contributed by atoms with E-state index in [1.54, 1.807) is 7.11 Å². The molecular formula is C18H23N3O2. The lowest BCUT2D eigenvalue weighted by Crippen LogP contribution is -2.34. The van der Waals surface area contributed by atoms with Crippen molar-refractivity contribution in [1.82, 2.24) is 9.88 Å². The second-order valence-corrected chi connectivity index (χ2v) is 6.87. The van der Waals surface area contributed by atoms with Crippen LogP contribution in [0.2, 0.25) is 0 Å². The van der Waals surface area contributed by atoms with Crippen LogP contribution < -0.4 is 10.5 Å². The lowest BCUT2D eigenvalue weighted by Gasteiger charge is -2.18. The van der Waals surface area contributed by atoms with Gasteiger partial charge in [-0.15, -0.1) is 0 Å². The maximum Gasteiger partial charge on any atom is 0.227 e. The van der Waals surface area contributed by atoms with Gasteiger partial charge in [0.15, 0.2) is 0 Å². The van der Waals surface area contributed by atoms with Crippen molar-refractivity contribution in [2.24, 2.45) is 17.6 Å². The highest BCUT2D eigenvalue weighted by molar-refractivity contribution is 5.89. The third-order valence-corrected chi connectivity index (χ3v) is 5.58. The summed E-state index contributed by atoms with van der Waals surface area (Å²) in [4.78, 5) is 17.9. The molecule has 3 atom stereocenters. The summed E-state index contributed by atoms with van der Waals surface area (Å²) < 4.78 is 5.29. The molecule has 23 heavy (non-hydrogen) atoms. The Morgan fingerprint density at radius 2 is 2.26 bits per heavy atom. The summed E-state index contributed by atoms with van der Waals surface area (Å²) >= 11 is 0. The zero-order valence-electron chi connectivity index (χ0n) is 13.4.